The summed E-state index contributed by atoms with van der Waals surface area (Å²) in [6, 6.07) is 7.82. The van der Waals surface area contributed by atoms with Crippen LogP contribution in [0, 0.1) is 5.92 Å². The number of piperidine rings is 1. The van der Waals surface area contributed by atoms with E-state index in [1.165, 1.54) is 12.8 Å². The van der Waals surface area contributed by atoms with Gasteiger partial charge < -0.3 is 14.4 Å². The van der Waals surface area contributed by atoms with Crippen LogP contribution in [0.25, 0.3) is 0 Å². The van der Waals surface area contributed by atoms with Crippen LogP contribution in [0.15, 0.2) is 36.7 Å². The Kier molecular flexibility index (Phi) is 6.28. The Morgan fingerprint density at radius 1 is 1.15 bits per heavy atom. The third kappa shape index (κ3) is 4.85. The molecule has 6 heteroatoms. The van der Waals surface area contributed by atoms with E-state index in [4.69, 9.17) is 9.47 Å². The highest BCUT2D eigenvalue weighted by Gasteiger charge is 2.21. The minimum absolute atomic E-state index is 0.524. The smallest absolute Gasteiger partial charge is 0.224 e. The molecular weight excluding hydrogens is 328 g/mol. The number of methoxy groups -OCH3 is 1. The maximum Gasteiger partial charge on any atom is 0.224 e. The van der Waals surface area contributed by atoms with E-state index in [-0.39, 0.29) is 0 Å². The standard InChI is InChI=1S/C20H28N4O2/c1-23(2)20-21-11-17(12-22-20)14-24-10-6-7-16(13-24)15-26-19-9-5-4-8-18(19)25-3/h4-5,8-9,11-12,16H,6-7,10,13-15H2,1-3H3. The van der Waals surface area contributed by atoms with Crippen LogP contribution in [0.1, 0.15) is 18.4 Å². The van der Waals surface area contributed by atoms with Crippen molar-refractivity contribution in [1.82, 2.24) is 14.9 Å². The van der Waals surface area contributed by atoms with E-state index < -0.39 is 0 Å². The van der Waals surface area contributed by atoms with E-state index in [2.05, 4.69) is 14.9 Å². The first-order valence-corrected chi connectivity index (χ1v) is 9.12. The Bertz CT molecular complexity index is 690. The molecule has 0 bridgehead atoms. The molecule has 1 aromatic carbocycles. The second-order valence-electron chi connectivity index (χ2n) is 6.99. The van der Waals surface area contributed by atoms with E-state index >= 15 is 0 Å². The highest BCUT2D eigenvalue weighted by atomic mass is 16.5. The van der Waals surface area contributed by atoms with Gasteiger partial charge in [-0.2, -0.15) is 0 Å². The summed E-state index contributed by atoms with van der Waals surface area (Å²) < 4.78 is 11.4. The predicted molar refractivity (Wildman–Crippen MR) is 103 cm³/mol. The first-order valence-electron chi connectivity index (χ1n) is 9.12. The first kappa shape index (κ1) is 18.5. The van der Waals surface area contributed by atoms with Gasteiger partial charge in [0.05, 0.1) is 13.7 Å². The topological polar surface area (TPSA) is 50.7 Å². The maximum atomic E-state index is 6.03. The van der Waals surface area contributed by atoms with Crippen LogP contribution in [-0.2, 0) is 6.54 Å². The van der Waals surface area contributed by atoms with Crippen molar-refractivity contribution in [2.75, 3.05) is 45.8 Å². The van der Waals surface area contributed by atoms with Crippen molar-refractivity contribution in [3.63, 3.8) is 0 Å². The van der Waals surface area contributed by atoms with Gasteiger partial charge in [0.1, 0.15) is 0 Å². The van der Waals surface area contributed by atoms with Gasteiger partial charge in [0.15, 0.2) is 11.5 Å². The summed E-state index contributed by atoms with van der Waals surface area (Å²) in [6.45, 7) is 3.75. The fraction of sp³-hybridized carbons (Fsp3) is 0.500. The highest BCUT2D eigenvalue weighted by molar-refractivity contribution is 5.39. The number of para-hydroxylation sites is 2. The van der Waals surface area contributed by atoms with E-state index in [1.807, 2.05) is 55.7 Å². The van der Waals surface area contributed by atoms with Crippen molar-refractivity contribution in [1.29, 1.82) is 0 Å². The lowest BCUT2D eigenvalue weighted by atomic mass is 9.98. The lowest BCUT2D eigenvalue weighted by Crippen LogP contribution is -2.37. The third-order valence-corrected chi connectivity index (χ3v) is 4.64. The number of rotatable bonds is 7. The van der Waals surface area contributed by atoms with Gasteiger partial charge in [0.25, 0.3) is 0 Å². The largest absolute Gasteiger partial charge is 0.493 e. The molecule has 6 nitrogen and oxygen atoms in total. The van der Waals surface area contributed by atoms with Gasteiger partial charge in [-0.25, -0.2) is 9.97 Å². The zero-order valence-electron chi connectivity index (χ0n) is 15.9. The Labute approximate surface area is 155 Å². The van der Waals surface area contributed by atoms with Crippen molar-refractivity contribution in [2.24, 2.45) is 5.92 Å². The first-order chi connectivity index (χ1) is 12.7. The number of aromatic nitrogens is 2. The number of likely N-dealkylation sites (tertiary alicyclic amines) is 1. The number of ether oxygens (including phenoxy) is 2. The summed E-state index contributed by atoms with van der Waals surface area (Å²) in [5, 5.41) is 0. The van der Waals surface area contributed by atoms with Gasteiger partial charge in [-0.15, -0.1) is 0 Å². The molecule has 140 valence electrons. The second kappa shape index (κ2) is 8.85. The summed E-state index contributed by atoms with van der Waals surface area (Å²) in [5.74, 6) is 2.88. The molecular formula is C20H28N4O2. The van der Waals surface area contributed by atoms with Crippen LogP contribution in [-0.4, -0.2) is 55.8 Å². The normalized spacial score (nSPS) is 17.7. The monoisotopic (exact) mass is 356 g/mol. The summed E-state index contributed by atoms with van der Waals surface area (Å²) in [4.78, 5) is 13.2. The van der Waals surface area contributed by atoms with E-state index in [9.17, 15) is 0 Å². The molecule has 26 heavy (non-hydrogen) atoms. The number of nitrogens with zero attached hydrogens (tertiary/aromatic N) is 4. The predicted octanol–water partition coefficient (Wildman–Crippen LogP) is 2.84. The van der Waals surface area contributed by atoms with E-state index in [0.29, 0.717) is 12.5 Å². The zero-order valence-corrected chi connectivity index (χ0v) is 15.9. The Morgan fingerprint density at radius 3 is 2.58 bits per heavy atom. The molecule has 1 fully saturated rings. The van der Waals surface area contributed by atoms with Gasteiger partial charge in [0.2, 0.25) is 5.95 Å². The average molecular weight is 356 g/mol. The molecule has 0 radical (unpaired) electrons. The molecule has 2 aromatic rings. The third-order valence-electron chi connectivity index (χ3n) is 4.64. The average Bonchev–Trinajstić information content (AvgIpc) is 2.67. The lowest BCUT2D eigenvalue weighted by molar-refractivity contribution is 0.123. The molecule has 3 rings (SSSR count). The number of anilines is 1. The van der Waals surface area contributed by atoms with Crippen LogP contribution in [0.5, 0.6) is 11.5 Å². The van der Waals surface area contributed by atoms with Crippen molar-refractivity contribution < 1.29 is 9.47 Å². The number of hydrogen-bond donors (Lipinski definition) is 0. The molecule has 2 heterocycles. The number of benzene rings is 1. The van der Waals surface area contributed by atoms with E-state index in [0.717, 1.165) is 42.6 Å². The van der Waals surface area contributed by atoms with Gasteiger partial charge in [0, 0.05) is 51.1 Å². The maximum absolute atomic E-state index is 6.03. The molecule has 1 saturated heterocycles. The van der Waals surface area contributed by atoms with Gasteiger partial charge in [-0.3, -0.25) is 4.90 Å². The molecule has 1 aliphatic heterocycles. The SMILES string of the molecule is COc1ccccc1OCC1CCCN(Cc2cnc(N(C)C)nc2)C1. The summed E-state index contributed by atoms with van der Waals surface area (Å²) >= 11 is 0. The molecule has 1 aliphatic rings. The van der Waals surface area contributed by atoms with Crippen molar-refractivity contribution in [2.45, 2.75) is 19.4 Å². The van der Waals surface area contributed by atoms with Crippen LogP contribution in [0.4, 0.5) is 5.95 Å². The zero-order chi connectivity index (χ0) is 18.4. The van der Waals surface area contributed by atoms with Gasteiger partial charge in [-0.1, -0.05) is 12.1 Å². The van der Waals surface area contributed by atoms with Crippen LogP contribution in [0.3, 0.4) is 0 Å². The van der Waals surface area contributed by atoms with Gasteiger partial charge in [-0.05, 0) is 31.5 Å². The minimum atomic E-state index is 0.524. The molecule has 1 unspecified atom stereocenters. The molecule has 0 saturated carbocycles. The Balaban J connectivity index is 1.52. The van der Waals surface area contributed by atoms with Crippen molar-refractivity contribution in [3.05, 3.63) is 42.2 Å². The summed E-state index contributed by atoms with van der Waals surface area (Å²) in [7, 11) is 5.58. The molecule has 0 amide bonds. The van der Waals surface area contributed by atoms with Crippen molar-refractivity contribution in [3.8, 4) is 11.5 Å². The lowest BCUT2D eigenvalue weighted by Gasteiger charge is -2.32. The number of hydrogen-bond acceptors (Lipinski definition) is 6. The summed E-state index contributed by atoms with van der Waals surface area (Å²) in [6.07, 6.45) is 6.24. The molecule has 0 aliphatic carbocycles. The Morgan fingerprint density at radius 2 is 1.88 bits per heavy atom. The van der Waals surface area contributed by atoms with Crippen LogP contribution >= 0.6 is 0 Å². The second-order valence-corrected chi connectivity index (χ2v) is 6.99. The minimum Gasteiger partial charge on any atom is -0.493 e. The highest BCUT2D eigenvalue weighted by Crippen LogP contribution is 2.27. The van der Waals surface area contributed by atoms with Crippen molar-refractivity contribution >= 4 is 5.95 Å². The molecule has 1 atom stereocenters. The quantitative estimate of drug-likeness (QED) is 0.760. The fourth-order valence-corrected chi connectivity index (χ4v) is 3.30. The summed E-state index contributed by atoms with van der Waals surface area (Å²) in [5.41, 5.74) is 1.15. The van der Waals surface area contributed by atoms with Crippen LogP contribution in [0.2, 0.25) is 0 Å². The van der Waals surface area contributed by atoms with Crippen LogP contribution < -0.4 is 14.4 Å². The molecule has 0 N–H and O–H groups in total. The molecule has 0 spiro atoms. The fourth-order valence-electron chi connectivity index (χ4n) is 3.30. The van der Waals surface area contributed by atoms with E-state index in [1.54, 1.807) is 7.11 Å². The Hall–Kier alpha value is -2.34. The molecule has 1 aromatic heterocycles. The van der Waals surface area contributed by atoms with Gasteiger partial charge >= 0.3 is 0 Å².